The molecule has 0 spiro atoms. The van der Waals surface area contributed by atoms with Crippen molar-refractivity contribution in [1.82, 2.24) is 0 Å². The van der Waals surface area contributed by atoms with Gasteiger partial charge in [-0.05, 0) is 48.5 Å². The minimum atomic E-state index is -1.04. The van der Waals surface area contributed by atoms with E-state index in [1.54, 1.807) is 48.5 Å². The monoisotopic (exact) mass is 390 g/mol. The number of carbonyl (C=O) groups is 3. The highest BCUT2D eigenvalue weighted by atomic mass is 16.5. The second-order valence-electron chi connectivity index (χ2n) is 6.07. The number of nitrogens with one attached hydrogen (secondary N) is 2. The van der Waals surface area contributed by atoms with Crippen LogP contribution in [0.25, 0.3) is 0 Å². The molecule has 7 heteroatoms. The van der Waals surface area contributed by atoms with Crippen molar-refractivity contribution in [3.05, 3.63) is 90.0 Å². The zero-order valence-electron chi connectivity index (χ0n) is 15.3. The molecule has 0 radical (unpaired) electrons. The fourth-order valence-electron chi connectivity index (χ4n) is 2.50. The predicted octanol–water partition coefficient (Wildman–Crippen LogP) is 3.65. The van der Waals surface area contributed by atoms with E-state index in [0.717, 1.165) is 0 Å². The SMILES string of the molecule is O=C(COc1cccc(NC(=O)c2ccccc2)c1)Nc1ccc(C(=O)O)cc1. The number of hydrogen-bond acceptors (Lipinski definition) is 4. The molecule has 0 saturated heterocycles. The number of rotatable bonds is 7. The van der Waals surface area contributed by atoms with Crippen molar-refractivity contribution in [3.63, 3.8) is 0 Å². The summed E-state index contributed by atoms with van der Waals surface area (Å²) in [5.41, 5.74) is 1.68. The van der Waals surface area contributed by atoms with Crippen molar-refractivity contribution >= 4 is 29.2 Å². The van der Waals surface area contributed by atoms with Crippen LogP contribution in [0.2, 0.25) is 0 Å². The lowest BCUT2D eigenvalue weighted by Gasteiger charge is -2.10. The molecule has 0 saturated carbocycles. The fourth-order valence-corrected chi connectivity index (χ4v) is 2.50. The van der Waals surface area contributed by atoms with Gasteiger partial charge < -0.3 is 20.5 Å². The molecule has 2 amide bonds. The smallest absolute Gasteiger partial charge is 0.335 e. The third kappa shape index (κ3) is 5.67. The Hall–Kier alpha value is -4.13. The van der Waals surface area contributed by atoms with Gasteiger partial charge in [-0.25, -0.2) is 4.79 Å². The third-order valence-corrected chi connectivity index (χ3v) is 3.91. The quantitative estimate of drug-likeness (QED) is 0.571. The van der Waals surface area contributed by atoms with Crippen LogP contribution in [0.5, 0.6) is 5.75 Å². The standard InChI is InChI=1S/C22H18N2O5/c25-20(23-17-11-9-16(10-12-17)22(27)28)14-29-19-8-4-7-18(13-19)24-21(26)15-5-2-1-3-6-15/h1-13H,14H2,(H,23,25)(H,24,26)(H,27,28). The van der Waals surface area contributed by atoms with Crippen LogP contribution in [0.1, 0.15) is 20.7 Å². The van der Waals surface area contributed by atoms with Gasteiger partial charge in [0.15, 0.2) is 6.61 Å². The fraction of sp³-hybridized carbons (Fsp3) is 0.0455. The Labute approximate surface area is 166 Å². The normalized spacial score (nSPS) is 10.1. The van der Waals surface area contributed by atoms with Crippen LogP contribution in [0.4, 0.5) is 11.4 Å². The largest absolute Gasteiger partial charge is 0.484 e. The highest BCUT2D eigenvalue weighted by Crippen LogP contribution is 2.18. The zero-order valence-corrected chi connectivity index (χ0v) is 15.3. The predicted molar refractivity (Wildman–Crippen MR) is 108 cm³/mol. The minimum absolute atomic E-state index is 0.133. The maximum atomic E-state index is 12.2. The van der Waals surface area contributed by atoms with Crippen molar-refractivity contribution in [2.45, 2.75) is 0 Å². The maximum absolute atomic E-state index is 12.2. The Kier molecular flexibility index (Phi) is 6.22. The summed E-state index contributed by atoms with van der Waals surface area (Å²) >= 11 is 0. The van der Waals surface area contributed by atoms with Crippen LogP contribution in [0.3, 0.4) is 0 Å². The third-order valence-electron chi connectivity index (χ3n) is 3.91. The molecular weight excluding hydrogens is 372 g/mol. The zero-order chi connectivity index (χ0) is 20.6. The van der Waals surface area contributed by atoms with Crippen LogP contribution >= 0.6 is 0 Å². The van der Waals surface area contributed by atoms with Gasteiger partial charge in [0.1, 0.15) is 5.75 Å². The highest BCUT2D eigenvalue weighted by molar-refractivity contribution is 6.04. The van der Waals surface area contributed by atoms with E-state index in [0.29, 0.717) is 22.7 Å². The molecular formula is C22H18N2O5. The average Bonchev–Trinajstić information content (AvgIpc) is 2.73. The van der Waals surface area contributed by atoms with Gasteiger partial charge in [-0.3, -0.25) is 9.59 Å². The molecule has 3 aromatic rings. The van der Waals surface area contributed by atoms with Crippen LogP contribution in [0.15, 0.2) is 78.9 Å². The van der Waals surface area contributed by atoms with E-state index in [-0.39, 0.29) is 18.1 Å². The maximum Gasteiger partial charge on any atom is 0.335 e. The molecule has 0 unspecified atom stereocenters. The first-order valence-corrected chi connectivity index (χ1v) is 8.74. The van der Waals surface area contributed by atoms with E-state index < -0.39 is 11.9 Å². The number of carboxylic acids is 1. The van der Waals surface area contributed by atoms with Crippen LogP contribution in [-0.2, 0) is 4.79 Å². The van der Waals surface area contributed by atoms with Gasteiger partial charge in [-0.2, -0.15) is 0 Å². The summed E-state index contributed by atoms with van der Waals surface area (Å²) < 4.78 is 5.47. The summed E-state index contributed by atoms with van der Waals surface area (Å²) in [5, 5.41) is 14.3. The molecule has 0 aliphatic heterocycles. The summed E-state index contributed by atoms with van der Waals surface area (Å²) in [5.74, 6) is -1.25. The molecule has 3 rings (SSSR count). The summed E-state index contributed by atoms with van der Waals surface area (Å²) in [7, 11) is 0. The van der Waals surface area contributed by atoms with Gasteiger partial charge in [0.2, 0.25) is 0 Å². The van der Waals surface area contributed by atoms with Gasteiger partial charge in [0, 0.05) is 23.0 Å². The highest BCUT2D eigenvalue weighted by Gasteiger charge is 2.08. The molecule has 3 N–H and O–H groups in total. The first-order valence-electron chi connectivity index (χ1n) is 8.74. The van der Waals surface area contributed by atoms with Gasteiger partial charge >= 0.3 is 5.97 Å². The first kappa shape index (κ1) is 19.6. The lowest BCUT2D eigenvalue weighted by atomic mass is 10.2. The van der Waals surface area contributed by atoms with Gasteiger partial charge in [0.25, 0.3) is 11.8 Å². The number of benzene rings is 3. The van der Waals surface area contributed by atoms with Crippen molar-refractivity contribution in [2.24, 2.45) is 0 Å². The second-order valence-corrected chi connectivity index (χ2v) is 6.07. The molecule has 0 fully saturated rings. The lowest BCUT2D eigenvalue weighted by molar-refractivity contribution is -0.118. The van der Waals surface area contributed by atoms with E-state index in [9.17, 15) is 14.4 Å². The lowest BCUT2D eigenvalue weighted by Crippen LogP contribution is -2.20. The second kappa shape index (κ2) is 9.18. The first-order chi connectivity index (χ1) is 14.0. The molecule has 0 bridgehead atoms. The molecule has 0 atom stereocenters. The van der Waals surface area contributed by atoms with Crippen molar-refractivity contribution in [3.8, 4) is 5.75 Å². The molecule has 3 aromatic carbocycles. The summed E-state index contributed by atoms with van der Waals surface area (Å²) in [6.45, 7) is -0.239. The molecule has 7 nitrogen and oxygen atoms in total. The van der Waals surface area contributed by atoms with E-state index in [2.05, 4.69) is 10.6 Å². The summed E-state index contributed by atoms with van der Waals surface area (Å²) in [6.07, 6.45) is 0. The van der Waals surface area contributed by atoms with E-state index >= 15 is 0 Å². The molecule has 0 aromatic heterocycles. The molecule has 0 aliphatic rings. The number of aromatic carboxylic acids is 1. The van der Waals surface area contributed by atoms with Crippen molar-refractivity contribution in [1.29, 1.82) is 0 Å². The van der Waals surface area contributed by atoms with Gasteiger partial charge in [0.05, 0.1) is 5.56 Å². The summed E-state index contributed by atoms with van der Waals surface area (Å²) in [4.78, 5) is 35.1. The van der Waals surface area contributed by atoms with Crippen LogP contribution in [0, 0.1) is 0 Å². The number of carboxylic acid groups (broad SMARTS) is 1. The topological polar surface area (TPSA) is 105 Å². The van der Waals surface area contributed by atoms with Crippen molar-refractivity contribution in [2.75, 3.05) is 17.2 Å². The van der Waals surface area contributed by atoms with Crippen molar-refractivity contribution < 1.29 is 24.2 Å². The average molecular weight is 390 g/mol. The number of anilines is 2. The van der Waals surface area contributed by atoms with E-state index in [1.807, 2.05) is 6.07 Å². The van der Waals surface area contributed by atoms with E-state index in [4.69, 9.17) is 9.84 Å². The molecule has 0 aliphatic carbocycles. The number of amides is 2. The molecule has 0 heterocycles. The Morgan fingerprint density at radius 3 is 2.17 bits per heavy atom. The Bertz CT molecular complexity index is 1020. The van der Waals surface area contributed by atoms with Gasteiger partial charge in [-0.1, -0.05) is 24.3 Å². The number of hydrogen-bond donors (Lipinski definition) is 3. The Balaban J connectivity index is 1.54. The minimum Gasteiger partial charge on any atom is -0.484 e. The number of carbonyl (C=O) groups excluding carboxylic acids is 2. The summed E-state index contributed by atoms with van der Waals surface area (Å²) in [6, 6.07) is 21.3. The molecule has 29 heavy (non-hydrogen) atoms. The van der Waals surface area contributed by atoms with E-state index in [1.165, 1.54) is 24.3 Å². The molecule has 146 valence electrons. The Morgan fingerprint density at radius 2 is 1.48 bits per heavy atom. The van der Waals surface area contributed by atoms with Gasteiger partial charge in [-0.15, -0.1) is 0 Å². The van der Waals surface area contributed by atoms with Crippen LogP contribution in [-0.4, -0.2) is 29.5 Å². The number of ether oxygens (including phenoxy) is 1. The van der Waals surface area contributed by atoms with Crippen LogP contribution < -0.4 is 15.4 Å². The Morgan fingerprint density at radius 1 is 0.759 bits per heavy atom.